The summed E-state index contributed by atoms with van der Waals surface area (Å²) in [4.78, 5) is 0. The first-order valence-electron chi connectivity index (χ1n) is 8.20. The molecule has 3 unspecified atom stereocenters. The molecule has 0 amide bonds. The van der Waals surface area contributed by atoms with E-state index in [0.717, 1.165) is 6.42 Å². The lowest BCUT2D eigenvalue weighted by Crippen LogP contribution is -2.36. The van der Waals surface area contributed by atoms with Crippen molar-refractivity contribution in [1.82, 2.24) is 0 Å². The van der Waals surface area contributed by atoms with Crippen LogP contribution in [0.4, 0.5) is 0 Å². The maximum atomic E-state index is 10.4. The molecule has 3 heteroatoms. The van der Waals surface area contributed by atoms with Crippen molar-refractivity contribution in [2.24, 2.45) is 0 Å². The number of rotatable bonds is 10. The highest BCUT2D eigenvalue weighted by atomic mass is 32.2. The Morgan fingerprint density at radius 3 is 2.26 bits per heavy atom. The Morgan fingerprint density at radius 2 is 1.58 bits per heavy atom. The van der Waals surface area contributed by atoms with E-state index in [1.807, 2.05) is 11.8 Å². The summed E-state index contributed by atoms with van der Waals surface area (Å²) in [6.45, 7) is 4.53. The number of aliphatic hydroxyl groups excluding tert-OH is 1. The lowest BCUT2D eigenvalue weighted by atomic mass is 10.0. The van der Waals surface area contributed by atoms with Crippen LogP contribution >= 0.6 is 23.5 Å². The van der Waals surface area contributed by atoms with Gasteiger partial charge in [-0.1, -0.05) is 58.8 Å². The van der Waals surface area contributed by atoms with E-state index in [-0.39, 0.29) is 6.10 Å². The second kappa shape index (κ2) is 11.3. The lowest BCUT2D eigenvalue weighted by molar-refractivity contribution is 0.155. The van der Waals surface area contributed by atoms with Gasteiger partial charge in [-0.3, -0.25) is 0 Å². The van der Waals surface area contributed by atoms with Crippen LogP contribution in [0.3, 0.4) is 0 Å². The van der Waals surface area contributed by atoms with Crippen LogP contribution in [0.15, 0.2) is 0 Å². The molecule has 1 saturated heterocycles. The van der Waals surface area contributed by atoms with Crippen LogP contribution in [0, 0.1) is 0 Å². The van der Waals surface area contributed by atoms with Crippen LogP contribution in [-0.4, -0.2) is 33.2 Å². The van der Waals surface area contributed by atoms with Gasteiger partial charge in [0.1, 0.15) is 0 Å². The van der Waals surface area contributed by atoms with Crippen molar-refractivity contribution in [2.75, 3.05) is 11.5 Å². The predicted octanol–water partition coefficient (Wildman–Crippen LogP) is 5.12. The van der Waals surface area contributed by atoms with Gasteiger partial charge in [-0.15, -0.1) is 0 Å². The molecule has 0 saturated carbocycles. The molecule has 1 N–H and O–H groups in total. The van der Waals surface area contributed by atoms with Crippen molar-refractivity contribution >= 4 is 23.5 Å². The van der Waals surface area contributed by atoms with Crippen molar-refractivity contribution in [2.45, 2.75) is 88.2 Å². The van der Waals surface area contributed by atoms with E-state index in [4.69, 9.17) is 0 Å². The average molecular weight is 305 g/mol. The molecule has 114 valence electrons. The average Bonchev–Trinajstić information content (AvgIpc) is 2.46. The SMILES string of the molecule is CCCCCCCCCC(O)C1SCCSC1CC. The zero-order chi connectivity index (χ0) is 13.9. The third-order valence-electron chi connectivity index (χ3n) is 3.98. The van der Waals surface area contributed by atoms with Crippen molar-refractivity contribution in [3.63, 3.8) is 0 Å². The van der Waals surface area contributed by atoms with Crippen LogP contribution in [0.25, 0.3) is 0 Å². The third-order valence-corrected chi connectivity index (χ3v) is 7.37. The summed E-state index contributed by atoms with van der Waals surface area (Å²) in [7, 11) is 0. The topological polar surface area (TPSA) is 20.2 Å². The molecule has 0 bridgehead atoms. The van der Waals surface area contributed by atoms with Crippen molar-refractivity contribution in [1.29, 1.82) is 0 Å². The Bertz CT molecular complexity index is 211. The molecule has 1 fully saturated rings. The monoisotopic (exact) mass is 304 g/mol. The predicted molar refractivity (Wildman–Crippen MR) is 91.4 cm³/mol. The summed E-state index contributed by atoms with van der Waals surface area (Å²) in [6, 6.07) is 0. The highest BCUT2D eigenvalue weighted by Crippen LogP contribution is 2.36. The van der Waals surface area contributed by atoms with E-state index in [1.165, 1.54) is 62.9 Å². The van der Waals surface area contributed by atoms with Crippen LogP contribution in [0.2, 0.25) is 0 Å². The summed E-state index contributed by atoms with van der Waals surface area (Å²) in [5.41, 5.74) is 0. The Balaban J connectivity index is 2.07. The van der Waals surface area contributed by atoms with Gasteiger partial charge < -0.3 is 5.11 Å². The van der Waals surface area contributed by atoms with Crippen molar-refractivity contribution in [3.8, 4) is 0 Å². The zero-order valence-corrected chi connectivity index (χ0v) is 14.4. The van der Waals surface area contributed by atoms with Crippen LogP contribution in [0.5, 0.6) is 0 Å². The second-order valence-electron chi connectivity index (χ2n) is 5.63. The van der Waals surface area contributed by atoms with E-state index in [2.05, 4.69) is 25.6 Å². The molecule has 1 aliphatic heterocycles. The van der Waals surface area contributed by atoms with E-state index in [1.54, 1.807) is 0 Å². The first-order valence-corrected chi connectivity index (χ1v) is 10.3. The van der Waals surface area contributed by atoms with E-state index in [0.29, 0.717) is 10.5 Å². The van der Waals surface area contributed by atoms with Crippen LogP contribution in [-0.2, 0) is 0 Å². The Morgan fingerprint density at radius 1 is 0.947 bits per heavy atom. The minimum atomic E-state index is -0.0709. The maximum absolute atomic E-state index is 10.4. The van der Waals surface area contributed by atoms with Gasteiger partial charge in [-0.2, -0.15) is 23.5 Å². The first-order chi connectivity index (χ1) is 9.29. The number of aliphatic hydroxyl groups is 1. The van der Waals surface area contributed by atoms with Gasteiger partial charge in [-0.05, 0) is 12.8 Å². The molecule has 1 heterocycles. The Hall–Kier alpha value is 0.660. The summed E-state index contributed by atoms with van der Waals surface area (Å²) < 4.78 is 0. The van der Waals surface area contributed by atoms with Gasteiger partial charge in [0.15, 0.2) is 0 Å². The number of hydrogen-bond acceptors (Lipinski definition) is 3. The summed E-state index contributed by atoms with van der Waals surface area (Å²) in [5, 5.41) is 11.6. The molecule has 3 atom stereocenters. The molecule has 0 aromatic carbocycles. The van der Waals surface area contributed by atoms with Gasteiger partial charge in [0.2, 0.25) is 0 Å². The van der Waals surface area contributed by atoms with E-state index in [9.17, 15) is 5.11 Å². The normalized spacial score (nSPS) is 25.4. The molecule has 0 aliphatic carbocycles. The smallest absolute Gasteiger partial charge is 0.0669 e. The van der Waals surface area contributed by atoms with Crippen LogP contribution < -0.4 is 0 Å². The fourth-order valence-electron chi connectivity index (χ4n) is 2.77. The minimum absolute atomic E-state index is 0.0709. The number of hydrogen-bond donors (Lipinski definition) is 1. The van der Waals surface area contributed by atoms with Gasteiger partial charge >= 0.3 is 0 Å². The molecular formula is C16H32OS2. The second-order valence-corrected chi connectivity index (χ2v) is 8.26. The van der Waals surface area contributed by atoms with E-state index < -0.39 is 0 Å². The minimum Gasteiger partial charge on any atom is -0.392 e. The van der Waals surface area contributed by atoms with Gasteiger partial charge in [-0.25, -0.2) is 0 Å². The fourth-order valence-corrected chi connectivity index (χ4v) is 5.96. The standard InChI is InChI=1S/C16H32OS2/c1-3-5-6-7-8-9-10-11-14(17)16-15(4-2)18-12-13-19-16/h14-17H,3-13H2,1-2H3. The molecule has 0 radical (unpaired) electrons. The zero-order valence-electron chi connectivity index (χ0n) is 12.8. The van der Waals surface area contributed by atoms with Gasteiger partial charge in [0.05, 0.1) is 6.10 Å². The fraction of sp³-hybridized carbons (Fsp3) is 1.00. The van der Waals surface area contributed by atoms with E-state index >= 15 is 0 Å². The summed E-state index contributed by atoms with van der Waals surface area (Å²) in [6.07, 6.45) is 11.5. The molecule has 0 aromatic rings. The molecule has 0 spiro atoms. The molecular weight excluding hydrogens is 272 g/mol. The van der Waals surface area contributed by atoms with Gasteiger partial charge in [0, 0.05) is 22.0 Å². The molecule has 19 heavy (non-hydrogen) atoms. The quantitative estimate of drug-likeness (QED) is 0.566. The number of unbranched alkanes of at least 4 members (excludes halogenated alkanes) is 6. The third kappa shape index (κ3) is 7.29. The van der Waals surface area contributed by atoms with Crippen molar-refractivity contribution in [3.05, 3.63) is 0 Å². The first kappa shape index (κ1) is 17.7. The molecule has 1 nitrogen and oxygen atoms in total. The summed E-state index contributed by atoms with van der Waals surface area (Å²) >= 11 is 4.08. The largest absolute Gasteiger partial charge is 0.392 e. The molecule has 1 aliphatic rings. The van der Waals surface area contributed by atoms with Crippen LogP contribution in [0.1, 0.15) is 71.6 Å². The Kier molecular flexibility index (Phi) is 10.6. The highest BCUT2D eigenvalue weighted by Gasteiger charge is 2.30. The lowest BCUT2D eigenvalue weighted by Gasteiger charge is -2.33. The molecule has 0 aromatic heterocycles. The highest BCUT2D eigenvalue weighted by molar-refractivity contribution is 8.07. The summed E-state index contributed by atoms with van der Waals surface area (Å²) in [5.74, 6) is 2.49. The van der Waals surface area contributed by atoms with Crippen molar-refractivity contribution < 1.29 is 5.11 Å². The maximum Gasteiger partial charge on any atom is 0.0669 e. The molecule has 1 rings (SSSR count). The Labute approximate surface area is 128 Å². The van der Waals surface area contributed by atoms with Gasteiger partial charge in [0.25, 0.3) is 0 Å². The number of thioether (sulfide) groups is 2.